The molecule has 0 bridgehead atoms. The zero-order valence-corrected chi connectivity index (χ0v) is 13.7. The van der Waals surface area contributed by atoms with E-state index in [0.29, 0.717) is 16.3 Å². The maximum atomic E-state index is 12.3. The van der Waals surface area contributed by atoms with E-state index in [4.69, 9.17) is 5.11 Å². The number of hydrogen-bond acceptors (Lipinski definition) is 4. The monoisotopic (exact) mass is 325 g/mol. The molecule has 2 rings (SSSR count). The zero-order valence-electron chi connectivity index (χ0n) is 12.0. The second kappa shape index (κ2) is 6.70. The van der Waals surface area contributed by atoms with Crippen molar-refractivity contribution in [2.45, 2.75) is 31.3 Å². The van der Waals surface area contributed by atoms with E-state index in [2.05, 4.69) is 4.72 Å². The topological polar surface area (TPSA) is 66.4 Å². The molecule has 0 radical (unpaired) electrons. The van der Waals surface area contributed by atoms with Crippen LogP contribution in [0.5, 0.6) is 0 Å². The smallest absolute Gasteiger partial charge is 0.241 e. The van der Waals surface area contributed by atoms with Crippen LogP contribution in [0.15, 0.2) is 41.3 Å². The molecule has 6 heteroatoms. The van der Waals surface area contributed by atoms with Crippen LogP contribution in [0, 0.1) is 6.92 Å². The van der Waals surface area contributed by atoms with Gasteiger partial charge < -0.3 is 5.11 Å². The number of thiophene rings is 1. The van der Waals surface area contributed by atoms with Crippen molar-refractivity contribution in [2.24, 2.45) is 0 Å². The van der Waals surface area contributed by atoms with Gasteiger partial charge in [0.05, 0.1) is 11.5 Å². The van der Waals surface area contributed by atoms with E-state index in [-0.39, 0.29) is 17.4 Å². The third kappa shape index (κ3) is 3.91. The van der Waals surface area contributed by atoms with Crippen LogP contribution < -0.4 is 4.72 Å². The Morgan fingerprint density at radius 2 is 1.95 bits per heavy atom. The molecule has 1 aromatic carbocycles. The number of aliphatic hydroxyl groups is 1. The van der Waals surface area contributed by atoms with E-state index in [1.807, 2.05) is 37.3 Å². The third-order valence-corrected chi connectivity index (χ3v) is 6.03. The van der Waals surface area contributed by atoms with E-state index >= 15 is 0 Å². The lowest BCUT2D eigenvalue weighted by Crippen LogP contribution is -2.27. The summed E-state index contributed by atoms with van der Waals surface area (Å²) >= 11 is 1.30. The summed E-state index contributed by atoms with van der Waals surface area (Å²) in [7, 11) is -3.53. The number of aryl methyl sites for hydroxylation is 1. The minimum absolute atomic E-state index is 0.0947. The molecule has 4 nitrogen and oxygen atoms in total. The van der Waals surface area contributed by atoms with Crippen LogP contribution in [-0.4, -0.2) is 20.1 Å². The van der Waals surface area contributed by atoms with Gasteiger partial charge in [0.15, 0.2) is 0 Å². The summed E-state index contributed by atoms with van der Waals surface area (Å²) in [6, 6.07) is 11.3. The highest BCUT2D eigenvalue weighted by Crippen LogP contribution is 2.26. The van der Waals surface area contributed by atoms with Crippen molar-refractivity contribution in [3.8, 4) is 0 Å². The number of rotatable bonds is 6. The van der Waals surface area contributed by atoms with Gasteiger partial charge in [-0.2, -0.15) is 0 Å². The summed E-state index contributed by atoms with van der Waals surface area (Å²) in [5.41, 5.74) is 1.10. The summed E-state index contributed by atoms with van der Waals surface area (Å²) in [4.78, 5) is 1.61. The standard InChI is InChI=1S/C15H19NO3S2/c1-11(13-6-4-3-5-7-13)9-16-21(18,19)15-8-14(10-17)20-12(15)2/h3-8,11,16-17H,9-10H2,1-2H3. The van der Waals surface area contributed by atoms with Crippen molar-refractivity contribution in [1.29, 1.82) is 0 Å². The molecule has 114 valence electrons. The van der Waals surface area contributed by atoms with E-state index in [0.717, 1.165) is 5.56 Å². The molecule has 0 aliphatic rings. The van der Waals surface area contributed by atoms with E-state index in [1.54, 1.807) is 6.92 Å². The van der Waals surface area contributed by atoms with E-state index in [9.17, 15) is 8.42 Å². The second-order valence-corrected chi connectivity index (χ2v) is 8.03. The van der Waals surface area contributed by atoms with E-state index < -0.39 is 10.0 Å². The van der Waals surface area contributed by atoms with Crippen molar-refractivity contribution in [2.75, 3.05) is 6.54 Å². The fourth-order valence-corrected chi connectivity index (χ4v) is 4.70. The van der Waals surface area contributed by atoms with Gasteiger partial charge in [-0.15, -0.1) is 11.3 Å². The van der Waals surface area contributed by atoms with Crippen LogP contribution in [0.1, 0.15) is 28.2 Å². The molecule has 1 aromatic heterocycles. The highest BCUT2D eigenvalue weighted by atomic mass is 32.2. The third-order valence-electron chi connectivity index (χ3n) is 3.32. The van der Waals surface area contributed by atoms with Crippen molar-refractivity contribution in [3.63, 3.8) is 0 Å². The minimum Gasteiger partial charge on any atom is -0.391 e. The van der Waals surface area contributed by atoms with Gasteiger partial charge in [0.1, 0.15) is 0 Å². The summed E-state index contributed by atoms with van der Waals surface area (Å²) in [5, 5.41) is 9.10. The van der Waals surface area contributed by atoms with Crippen molar-refractivity contribution < 1.29 is 13.5 Å². The Labute approximate surface area is 129 Å². The predicted molar refractivity (Wildman–Crippen MR) is 85.0 cm³/mol. The Balaban J connectivity index is 2.09. The molecule has 0 spiro atoms. The molecule has 2 N–H and O–H groups in total. The molecule has 0 saturated heterocycles. The second-order valence-electron chi connectivity index (χ2n) is 4.95. The highest BCUT2D eigenvalue weighted by Gasteiger charge is 2.20. The molecular weight excluding hydrogens is 306 g/mol. The molecule has 1 unspecified atom stereocenters. The highest BCUT2D eigenvalue weighted by molar-refractivity contribution is 7.89. The van der Waals surface area contributed by atoms with Crippen LogP contribution in [-0.2, 0) is 16.6 Å². The van der Waals surface area contributed by atoms with Crippen molar-refractivity contribution >= 4 is 21.4 Å². The Morgan fingerprint density at radius 1 is 1.29 bits per heavy atom. The molecule has 21 heavy (non-hydrogen) atoms. The number of benzene rings is 1. The normalized spacial score (nSPS) is 13.3. The molecule has 2 aromatic rings. The summed E-state index contributed by atoms with van der Waals surface area (Å²) in [5.74, 6) is 0.0947. The first-order chi connectivity index (χ1) is 9.94. The molecular formula is C15H19NO3S2. The Hall–Kier alpha value is -1.21. The maximum absolute atomic E-state index is 12.3. The zero-order chi connectivity index (χ0) is 15.5. The fraction of sp³-hybridized carbons (Fsp3) is 0.333. The Bertz CT molecular complexity index is 693. The van der Waals surface area contributed by atoms with Crippen LogP contribution >= 0.6 is 11.3 Å². The van der Waals surface area contributed by atoms with Gasteiger partial charge in [0.2, 0.25) is 10.0 Å². The van der Waals surface area contributed by atoms with Gasteiger partial charge in [0.25, 0.3) is 0 Å². The molecule has 0 fully saturated rings. The first-order valence-corrected chi connectivity index (χ1v) is 8.99. The van der Waals surface area contributed by atoms with Crippen LogP contribution in [0.3, 0.4) is 0 Å². The van der Waals surface area contributed by atoms with Gasteiger partial charge in [-0.05, 0) is 24.5 Å². The number of hydrogen-bond donors (Lipinski definition) is 2. The first-order valence-electron chi connectivity index (χ1n) is 6.69. The summed E-state index contributed by atoms with van der Waals surface area (Å²) < 4.78 is 27.3. The van der Waals surface area contributed by atoms with Gasteiger partial charge >= 0.3 is 0 Å². The number of aliphatic hydroxyl groups excluding tert-OH is 1. The van der Waals surface area contributed by atoms with Crippen LogP contribution in [0.4, 0.5) is 0 Å². The quantitative estimate of drug-likeness (QED) is 0.858. The summed E-state index contributed by atoms with van der Waals surface area (Å²) in [6.45, 7) is 3.94. The van der Waals surface area contributed by atoms with Crippen LogP contribution in [0.25, 0.3) is 0 Å². The minimum atomic E-state index is -3.53. The van der Waals surface area contributed by atoms with E-state index in [1.165, 1.54) is 17.4 Å². The van der Waals surface area contributed by atoms with Gasteiger partial charge in [-0.3, -0.25) is 0 Å². The number of sulfonamides is 1. The average Bonchev–Trinajstić information content (AvgIpc) is 2.88. The maximum Gasteiger partial charge on any atom is 0.241 e. The van der Waals surface area contributed by atoms with Crippen molar-refractivity contribution in [3.05, 3.63) is 51.7 Å². The lowest BCUT2D eigenvalue weighted by atomic mass is 10.0. The molecule has 0 saturated carbocycles. The SMILES string of the molecule is Cc1sc(CO)cc1S(=O)(=O)NCC(C)c1ccccc1. The lowest BCUT2D eigenvalue weighted by molar-refractivity contribution is 0.285. The van der Waals surface area contributed by atoms with Crippen molar-refractivity contribution in [1.82, 2.24) is 4.72 Å². The first kappa shape index (κ1) is 16.2. The fourth-order valence-electron chi connectivity index (χ4n) is 2.08. The molecule has 0 aliphatic carbocycles. The van der Waals surface area contributed by atoms with Gasteiger partial charge in [-0.1, -0.05) is 37.3 Å². The molecule has 1 heterocycles. The Morgan fingerprint density at radius 3 is 2.52 bits per heavy atom. The Kier molecular flexibility index (Phi) is 5.16. The largest absolute Gasteiger partial charge is 0.391 e. The van der Waals surface area contributed by atoms with Crippen LogP contribution in [0.2, 0.25) is 0 Å². The molecule has 1 atom stereocenters. The molecule has 0 amide bonds. The average molecular weight is 325 g/mol. The number of nitrogens with one attached hydrogen (secondary N) is 1. The summed E-state index contributed by atoms with van der Waals surface area (Å²) in [6.07, 6.45) is 0. The molecule has 0 aliphatic heterocycles. The lowest BCUT2D eigenvalue weighted by Gasteiger charge is -2.13. The van der Waals surface area contributed by atoms with Gasteiger partial charge in [0, 0.05) is 16.3 Å². The predicted octanol–water partition coefficient (Wildman–Crippen LogP) is 2.63. The van der Waals surface area contributed by atoms with Gasteiger partial charge in [-0.25, -0.2) is 13.1 Å².